The summed E-state index contributed by atoms with van der Waals surface area (Å²) >= 11 is 0. The molecular weight excluding hydrogens is 324 g/mol. The van der Waals surface area contributed by atoms with Crippen LogP contribution in [0.15, 0.2) is 65.9 Å². The summed E-state index contributed by atoms with van der Waals surface area (Å²) in [4.78, 5) is 34.3. The van der Waals surface area contributed by atoms with E-state index in [0.29, 0.717) is 5.01 Å². The molecule has 130 valence electrons. The molecule has 2 rings (SSSR count). The molecule has 0 fully saturated rings. The van der Waals surface area contributed by atoms with Crippen LogP contribution in [0.2, 0.25) is 0 Å². The van der Waals surface area contributed by atoms with Crippen LogP contribution in [-0.2, 0) is 27.5 Å². The number of amides is 1. The van der Waals surface area contributed by atoms with Crippen molar-refractivity contribution >= 4 is 12.1 Å². The Morgan fingerprint density at radius 1 is 0.840 bits per heavy atom. The zero-order valence-corrected chi connectivity index (χ0v) is 13.5. The molecule has 0 aliphatic rings. The minimum Gasteiger partial charge on any atom is -0.461 e. The number of carbonyl (C=O) groups excluding carboxylic acids is 2. The molecule has 0 unspecified atom stereocenters. The first-order chi connectivity index (χ1) is 12.2. The lowest BCUT2D eigenvalue weighted by Gasteiger charge is -2.13. The predicted molar refractivity (Wildman–Crippen MR) is 90.0 cm³/mol. The molecule has 25 heavy (non-hydrogen) atoms. The topological polar surface area (TPSA) is 85.3 Å². The van der Waals surface area contributed by atoms with Crippen LogP contribution >= 0.6 is 0 Å². The minimum absolute atomic E-state index is 0.0180. The molecule has 7 nitrogen and oxygen atoms in total. The van der Waals surface area contributed by atoms with Crippen LogP contribution < -0.4 is 0 Å². The van der Waals surface area contributed by atoms with Crippen molar-refractivity contribution in [3.8, 4) is 0 Å². The Hall–Kier alpha value is -3.22. The summed E-state index contributed by atoms with van der Waals surface area (Å²) in [5.41, 5.74) is 1.63. The summed E-state index contributed by atoms with van der Waals surface area (Å²) in [6.07, 6.45) is -1.06. The maximum absolute atomic E-state index is 11.8. The molecule has 0 aliphatic carbocycles. The van der Waals surface area contributed by atoms with Gasteiger partial charge in [0.2, 0.25) is 0 Å². The first-order valence-corrected chi connectivity index (χ1v) is 7.70. The highest BCUT2D eigenvalue weighted by Crippen LogP contribution is 2.06. The van der Waals surface area contributed by atoms with Crippen molar-refractivity contribution in [1.82, 2.24) is 5.01 Å². The quantitative estimate of drug-likeness (QED) is 0.417. The van der Waals surface area contributed by atoms with E-state index in [9.17, 15) is 14.5 Å². The Bertz CT molecular complexity index is 691. The fourth-order valence-electron chi connectivity index (χ4n) is 1.97. The van der Waals surface area contributed by atoms with Crippen LogP contribution in [0.1, 0.15) is 17.5 Å². The van der Waals surface area contributed by atoms with Crippen molar-refractivity contribution in [3.05, 3.63) is 76.7 Å². The highest BCUT2D eigenvalue weighted by molar-refractivity contribution is 5.71. The number of rotatable bonds is 8. The van der Waals surface area contributed by atoms with Gasteiger partial charge in [-0.15, -0.1) is 4.91 Å². The van der Waals surface area contributed by atoms with E-state index in [4.69, 9.17) is 9.47 Å². The number of ether oxygens (including phenoxy) is 2. The van der Waals surface area contributed by atoms with Gasteiger partial charge in [-0.25, -0.2) is 4.79 Å². The molecule has 2 aromatic rings. The molecule has 0 saturated carbocycles. The lowest BCUT2D eigenvalue weighted by Crippen LogP contribution is -2.28. The van der Waals surface area contributed by atoms with E-state index < -0.39 is 12.1 Å². The van der Waals surface area contributed by atoms with Crippen LogP contribution in [0, 0.1) is 4.91 Å². The first-order valence-electron chi connectivity index (χ1n) is 7.70. The first kappa shape index (κ1) is 18.1. The van der Waals surface area contributed by atoms with Crippen molar-refractivity contribution in [1.29, 1.82) is 0 Å². The summed E-state index contributed by atoms with van der Waals surface area (Å²) < 4.78 is 10.1. The van der Waals surface area contributed by atoms with Gasteiger partial charge in [0, 0.05) is 0 Å². The third-order valence-corrected chi connectivity index (χ3v) is 3.28. The maximum atomic E-state index is 11.8. The van der Waals surface area contributed by atoms with Gasteiger partial charge in [0.1, 0.15) is 13.2 Å². The molecule has 0 radical (unpaired) electrons. The molecule has 0 bridgehead atoms. The highest BCUT2D eigenvalue weighted by Gasteiger charge is 2.18. The number of hydrogen-bond donors (Lipinski definition) is 0. The summed E-state index contributed by atoms with van der Waals surface area (Å²) in [7, 11) is 0. The van der Waals surface area contributed by atoms with E-state index in [1.807, 2.05) is 48.5 Å². The molecule has 0 spiro atoms. The van der Waals surface area contributed by atoms with Crippen molar-refractivity contribution in [3.63, 3.8) is 0 Å². The van der Waals surface area contributed by atoms with Crippen molar-refractivity contribution < 1.29 is 19.1 Å². The molecule has 0 aromatic heterocycles. The van der Waals surface area contributed by atoms with Gasteiger partial charge >= 0.3 is 12.1 Å². The molecule has 1 amide bonds. The van der Waals surface area contributed by atoms with Gasteiger partial charge in [-0.1, -0.05) is 60.7 Å². The van der Waals surface area contributed by atoms with Crippen molar-refractivity contribution in [2.45, 2.75) is 19.6 Å². The third kappa shape index (κ3) is 6.42. The highest BCUT2D eigenvalue weighted by atomic mass is 16.6. The van der Waals surface area contributed by atoms with Gasteiger partial charge in [-0.05, 0) is 11.1 Å². The van der Waals surface area contributed by atoms with Crippen LogP contribution in [0.25, 0.3) is 0 Å². The Kier molecular flexibility index (Phi) is 7.12. The van der Waals surface area contributed by atoms with Gasteiger partial charge < -0.3 is 9.47 Å². The predicted octanol–water partition coefficient (Wildman–Crippen LogP) is 3.44. The summed E-state index contributed by atoms with van der Waals surface area (Å²) in [5.74, 6) is -0.534. The SMILES string of the molecule is O=NN(CCC(=O)OCc1ccccc1)C(=O)OCc1ccccc1. The molecule has 0 atom stereocenters. The Labute approximate surface area is 145 Å². The van der Waals surface area contributed by atoms with E-state index in [2.05, 4.69) is 5.29 Å². The lowest BCUT2D eigenvalue weighted by atomic mass is 10.2. The number of nitrogens with zero attached hydrogens (tertiary/aromatic N) is 2. The smallest absolute Gasteiger partial charge is 0.433 e. The molecule has 2 aromatic carbocycles. The average molecular weight is 342 g/mol. The second-order valence-corrected chi connectivity index (χ2v) is 5.14. The van der Waals surface area contributed by atoms with Crippen LogP contribution in [0.3, 0.4) is 0 Å². The van der Waals surface area contributed by atoms with Gasteiger partial charge in [0.15, 0.2) is 0 Å². The number of benzene rings is 2. The zero-order valence-electron chi connectivity index (χ0n) is 13.5. The van der Waals surface area contributed by atoms with Gasteiger partial charge in [0.05, 0.1) is 18.3 Å². The van der Waals surface area contributed by atoms with Crippen LogP contribution in [0.5, 0.6) is 0 Å². The van der Waals surface area contributed by atoms with Crippen molar-refractivity contribution in [2.24, 2.45) is 5.29 Å². The standard InChI is InChI=1S/C18H18N2O5/c21-17(24-13-15-7-3-1-4-8-15)11-12-20(19-23)18(22)25-14-16-9-5-2-6-10-16/h1-10H,11-14H2. The molecule has 0 N–H and O–H groups in total. The number of carbonyl (C=O) groups is 2. The fourth-order valence-corrected chi connectivity index (χ4v) is 1.97. The van der Waals surface area contributed by atoms with Gasteiger partial charge in [-0.3, -0.25) is 4.79 Å². The summed E-state index contributed by atoms with van der Waals surface area (Å²) in [6.45, 7) is -0.0540. The van der Waals surface area contributed by atoms with Crippen LogP contribution in [-0.4, -0.2) is 23.6 Å². The third-order valence-electron chi connectivity index (χ3n) is 3.28. The van der Waals surface area contributed by atoms with E-state index in [1.165, 1.54) is 0 Å². The van der Waals surface area contributed by atoms with Gasteiger partial charge in [-0.2, -0.15) is 5.01 Å². The fraction of sp³-hybridized carbons (Fsp3) is 0.222. The molecule has 0 saturated heterocycles. The minimum atomic E-state index is -0.908. The Morgan fingerprint density at radius 3 is 1.88 bits per heavy atom. The normalized spacial score (nSPS) is 9.92. The van der Waals surface area contributed by atoms with E-state index >= 15 is 0 Å². The van der Waals surface area contributed by atoms with Crippen molar-refractivity contribution in [2.75, 3.05) is 6.54 Å². The van der Waals surface area contributed by atoms with E-state index in [1.54, 1.807) is 12.1 Å². The largest absolute Gasteiger partial charge is 0.461 e. The lowest BCUT2D eigenvalue weighted by molar-refractivity contribution is -0.145. The molecule has 7 heteroatoms. The second-order valence-electron chi connectivity index (χ2n) is 5.14. The van der Waals surface area contributed by atoms with E-state index in [-0.39, 0.29) is 26.2 Å². The summed E-state index contributed by atoms with van der Waals surface area (Å²) in [5, 5.41) is 3.15. The monoisotopic (exact) mass is 342 g/mol. The molecule has 0 aliphatic heterocycles. The van der Waals surface area contributed by atoms with E-state index in [0.717, 1.165) is 11.1 Å². The Morgan fingerprint density at radius 2 is 1.36 bits per heavy atom. The second kappa shape index (κ2) is 9.82. The molecular formula is C18H18N2O5. The average Bonchev–Trinajstić information content (AvgIpc) is 2.67. The van der Waals surface area contributed by atoms with Gasteiger partial charge in [0.25, 0.3) is 0 Å². The summed E-state index contributed by atoms with van der Waals surface area (Å²) in [6, 6.07) is 18.2. The number of hydrogen-bond acceptors (Lipinski definition) is 6. The maximum Gasteiger partial charge on any atom is 0.433 e. The number of nitroso groups, excluding NO2 is 1. The molecule has 0 heterocycles. The van der Waals surface area contributed by atoms with Crippen LogP contribution in [0.4, 0.5) is 4.79 Å². The Balaban J connectivity index is 1.72. The number of esters is 1. The zero-order chi connectivity index (χ0) is 17.9.